The number of anilines is 2. The monoisotopic (exact) mass is 552 g/mol. The van der Waals surface area contributed by atoms with Crippen LogP contribution in [0.3, 0.4) is 0 Å². The molecule has 2 atom stereocenters. The van der Waals surface area contributed by atoms with Gasteiger partial charge in [-0.15, -0.1) is 20.4 Å². The van der Waals surface area contributed by atoms with Crippen molar-refractivity contribution in [1.29, 1.82) is 0 Å². The molecule has 0 aliphatic heterocycles. The summed E-state index contributed by atoms with van der Waals surface area (Å²) < 4.78 is 0. The lowest BCUT2D eigenvalue weighted by Crippen LogP contribution is -2.18. The Bertz CT molecular complexity index is 1200. The van der Waals surface area contributed by atoms with Crippen molar-refractivity contribution < 1.29 is 9.59 Å². The molecule has 2 unspecified atom stereocenters. The Morgan fingerprint density at radius 3 is 1.51 bits per heavy atom. The van der Waals surface area contributed by atoms with Gasteiger partial charge in [0.05, 0.1) is 11.8 Å². The fourth-order valence-corrected chi connectivity index (χ4v) is 6.07. The number of nitrogens with one attached hydrogen (secondary N) is 2. The van der Waals surface area contributed by atoms with Crippen LogP contribution in [-0.2, 0) is 22.4 Å². The maximum atomic E-state index is 12.5. The third-order valence-electron chi connectivity index (χ3n) is 5.70. The standard InChI is InChI=1S/C26H28N6O2S3/c1-17(19-9-5-3-6-10-19)23(33)27-25-31-29-21(36-25)13-15-35-16-14-22-30-32-26(37-22)28-24(34)18(2)20-11-7-4-8-12-20/h3-12,17-18H,13-16H2,1-2H3,(H,27,31,33)(H,28,32,34). The number of hydrogen-bond acceptors (Lipinski definition) is 9. The molecule has 2 amide bonds. The number of aromatic nitrogens is 4. The van der Waals surface area contributed by atoms with Gasteiger partial charge in [0.25, 0.3) is 0 Å². The number of carbonyl (C=O) groups excluding carboxylic acids is 2. The topological polar surface area (TPSA) is 110 Å². The fourth-order valence-electron chi connectivity index (χ4n) is 3.44. The maximum Gasteiger partial charge on any atom is 0.233 e. The second-order valence-corrected chi connectivity index (χ2v) is 11.7. The van der Waals surface area contributed by atoms with E-state index in [-0.39, 0.29) is 23.7 Å². The summed E-state index contributed by atoms with van der Waals surface area (Å²) in [6.45, 7) is 3.76. The summed E-state index contributed by atoms with van der Waals surface area (Å²) in [5.74, 6) is 1.08. The average molecular weight is 553 g/mol. The molecule has 8 nitrogen and oxygen atoms in total. The van der Waals surface area contributed by atoms with Crippen molar-refractivity contribution in [3.05, 3.63) is 81.8 Å². The first-order valence-electron chi connectivity index (χ1n) is 11.9. The fraction of sp³-hybridized carbons (Fsp3) is 0.308. The first kappa shape index (κ1) is 26.9. The third kappa shape index (κ3) is 7.91. The highest BCUT2D eigenvalue weighted by Crippen LogP contribution is 2.23. The van der Waals surface area contributed by atoms with E-state index >= 15 is 0 Å². The molecule has 37 heavy (non-hydrogen) atoms. The van der Waals surface area contributed by atoms with Crippen LogP contribution in [0.4, 0.5) is 10.3 Å². The number of thioether (sulfide) groups is 1. The van der Waals surface area contributed by atoms with E-state index in [9.17, 15) is 9.59 Å². The average Bonchev–Trinajstić information content (AvgIpc) is 3.57. The van der Waals surface area contributed by atoms with E-state index in [0.717, 1.165) is 45.5 Å². The summed E-state index contributed by atoms with van der Waals surface area (Å²) in [7, 11) is 0. The van der Waals surface area contributed by atoms with Crippen molar-refractivity contribution in [2.45, 2.75) is 38.5 Å². The lowest BCUT2D eigenvalue weighted by Gasteiger charge is -2.10. The zero-order valence-electron chi connectivity index (χ0n) is 20.6. The highest BCUT2D eigenvalue weighted by atomic mass is 32.2. The number of nitrogens with zero attached hydrogens (tertiary/aromatic N) is 4. The van der Waals surface area contributed by atoms with Crippen molar-refractivity contribution in [3.8, 4) is 0 Å². The molecule has 2 heterocycles. The first-order valence-corrected chi connectivity index (χ1v) is 14.7. The Morgan fingerprint density at radius 1 is 0.703 bits per heavy atom. The summed E-state index contributed by atoms with van der Waals surface area (Å²) in [4.78, 5) is 25.0. The van der Waals surface area contributed by atoms with Gasteiger partial charge >= 0.3 is 0 Å². The van der Waals surface area contributed by atoms with Gasteiger partial charge in [0.15, 0.2) is 0 Å². The van der Waals surface area contributed by atoms with Gasteiger partial charge < -0.3 is 10.6 Å². The van der Waals surface area contributed by atoms with E-state index < -0.39 is 0 Å². The predicted molar refractivity (Wildman–Crippen MR) is 152 cm³/mol. The van der Waals surface area contributed by atoms with Crippen molar-refractivity contribution in [2.75, 3.05) is 22.1 Å². The molecular weight excluding hydrogens is 525 g/mol. The molecule has 4 aromatic rings. The molecule has 4 rings (SSSR count). The number of amides is 2. The molecular formula is C26H28N6O2S3. The molecule has 11 heteroatoms. The van der Waals surface area contributed by atoms with E-state index in [1.54, 1.807) is 11.8 Å². The molecule has 0 saturated carbocycles. The van der Waals surface area contributed by atoms with Crippen LogP contribution in [0, 0.1) is 0 Å². The molecule has 0 bridgehead atoms. The molecule has 0 saturated heterocycles. The minimum atomic E-state index is -0.259. The summed E-state index contributed by atoms with van der Waals surface area (Å²) in [5.41, 5.74) is 1.93. The molecule has 2 N–H and O–H groups in total. The van der Waals surface area contributed by atoms with Gasteiger partial charge in [-0.05, 0) is 36.5 Å². The first-order chi connectivity index (χ1) is 18.0. The van der Waals surface area contributed by atoms with Crippen LogP contribution in [-0.4, -0.2) is 43.7 Å². The zero-order valence-corrected chi connectivity index (χ0v) is 23.0. The summed E-state index contributed by atoms with van der Waals surface area (Å²) in [6, 6.07) is 19.3. The lowest BCUT2D eigenvalue weighted by atomic mass is 10.0. The molecule has 0 fully saturated rings. The number of rotatable bonds is 12. The second kappa shape index (κ2) is 13.4. The summed E-state index contributed by atoms with van der Waals surface area (Å²) >= 11 is 4.62. The van der Waals surface area contributed by atoms with Crippen LogP contribution in [0.1, 0.15) is 46.8 Å². The number of carbonyl (C=O) groups is 2. The van der Waals surface area contributed by atoms with Crippen LogP contribution in [0.5, 0.6) is 0 Å². The molecule has 192 valence electrons. The predicted octanol–water partition coefficient (Wildman–Crippen LogP) is 5.39. The Balaban J connectivity index is 1.14. The Labute approximate surface area is 228 Å². The lowest BCUT2D eigenvalue weighted by molar-refractivity contribution is -0.118. The molecule has 0 aliphatic rings. The van der Waals surface area contributed by atoms with E-state index in [1.165, 1.54) is 22.7 Å². The summed E-state index contributed by atoms with van der Waals surface area (Å²) in [5, 5.41) is 25.2. The quantitative estimate of drug-likeness (QED) is 0.227. The minimum Gasteiger partial charge on any atom is -0.300 e. The van der Waals surface area contributed by atoms with E-state index in [2.05, 4.69) is 31.0 Å². The van der Waals surface area contributed by atoms with Crippen molar-refractivity contribution >= 4 is 56.5 Å². The van der Waals surface area contributed by atoms with Crippen LogP contribution < -0.4 is 10.6 Å². The van der Waals surface area contributed by atoms with Gasteiger partial charge in [-0.3, -0.25) is 9.59 Å². The van der Waals surface area contributed by atoms with Gasteiger partial charge in [-0.25, -0.2) is 0 Å². The Hall–Kier alpha value is -3.15. The summed E-state index contributed by atoms with van der Waals surface area (Å²) in [6.07, 6.45) is 1.56. The van der Waals surface area contributed by atoms with Crippen LogP contribution in [0.15, 0.2) is 60.7 Å². The maximum absolute atomic E-state index is 12.5. The van der Waals surface area contributed by atoms with E-state index in [0.29, 0.717) is 10.3 Å². The number of benzene rings is 2. The third-order valence-corrected chi connectivity index (χ3v) is 8.48. The van der Waals surface area contributed by atoms with Gasteiger partial charge in [-0.1, -0.05) is 83.3 Å². The Morgan fingerprint density at radius 2 is 1.11 bits per heavy atom. The van der Waals surface area contributed by atoms with E-state index in [4.69, 9.17) is 0 Å². The number of hydrogen-bond donors (Lipinski definition) is 2. The van der Waals surface area contributed by atoms with Gasteiger partial charge in [-0.2, -0.15) is 11.8 Å². The largest absolute Gasteiger partial charge is 0.300 e. The zero-order chi connectivity index (χ0) is 26.0. The van der Waals surface area contributed by atoms with Crippen LogP contribution >= 0.6 is 34.4 Å². The minimum absolute atomic E-state index is 0.0922. The van der Waals surface area contributed by atoms with Crippen molar-refractivity contribution in [3.63, 3.8) is 0 Å². The number of aryl methyl sites for hydroxylation is 2. The molecule has 2 aromatic carbocycles. The smallest absolute Gasteiger partial charge is 0.233 e. The van der Waals surface area contributed by atoms with Crippen LogP contribution in [0.25, 0.3) is 0 Å². The molecule has 0 spiro atoms. The van der Waals surface area contributed by atoms with Gasteiger partial charge in [0.1, 0.15) is 10.0 Å². The molecule has 0 aliphatic carbocycles. The molecule has 0 radical (unpaired) electrons. The van der Waals surface area contributed by atoms with Crippen molar-refractivity contribution in [1.82, 2.24) is 20.4 Å². The van der Waals surface area contributed by atoms with Crippen molar-refractivity contribution in [2.24, 2.45) is 0 Å². The van der Waals surface area contributed by atoms with Crippen LogP contribution in [0.2, 0.25) is 0 Å². The highest BCUT2D eigenvalue weighted by molar-refractivity contribution is 7.99. The Kier molecular flexibility index (Phi) is 9.75. The second-order valence-electron chi connectivity index (χ2n) is 8.36. The SMILES string of the molecule is CC(C(=O)Nc1nnc(CCSCCc2nnc(NC(=O)C(C)c3ccccc3)s2)s1)c1ccccc1. The normalized spacial score (nSPS) is 12.6. The molecule has 2 aromatic heterocycles. The van der Waals surface area contributed by atoms with E-state index in [1.807, 2.05) is 74.5 Å². The van der Waals surface area contributed by atoms with Gasteiger partial charge in [0, 0.05) is 12.8 Å². The van der Waals surface area contributed by atoms with Gasteiger partial charge in [0.2, 0.25) is 22.1 Å². The highest BCUT2D eigenvalue weighted by Gasteiger charge is 2.18.